The van der Waals surface area contributed by atoms with E-state index in [1.807, 2.05) is 6.92 Å². The fourth-order valence-electron chi connectivity index (χ4n) is 2.77. The van der Waals surface area contributed by atoms with Crippen molar-refractivity contribution < 1.29 is 17.9 Å². The Morgan fingerprint density at radius 2 is 1.62 bits per heavy atom. The first-order valence-corrected chi connectivity index (χ1v) is 10.8. The van der Waals surface area contributed by atoms with E-state index in [4.69, 9.17) is 4.74 Å². The van der Waals surface area contributed by atoms with E-state index in [0.29, 0.717) is 29.7 Å². The van der Waals surface area contributed by atoms with Crippen molar-refractivity contribution in [2.24, 2.45) is 11.8 Å². The van der Waals surface area contributed by atoms with E-state index >= 15 is 0 Å². The van der Waals surface area contributed by atoms with E-state index in [-0.39, 0.29) is 11.9 Å². The van der Waals surface area contributed by atoms with Gasteiger partial charge < -0.3 is 10.1 Å². The van der Waals surface area contributed by atoms with Gasteiger partial charge in [-0.15, -0.1) is 0 Å². The summed E-state index contributed by atoms with van der Waals surface area (Å²) >= 11 is 0. The zero-order chi connectivity index (χ0) is 20.1. The highest BCUT2D eigenvalue weighted by molar-refractivity contribution is 7.92. The molecule has 0 aliphatic heterocycles. The molecule has 0 aliphatic rings. The molecule has 7 heteroatoms. The van der Waals surface area contributed by atoms with Gasteiger partial charge in [0.05, 0.1) is 11.9 Å². The van der Waals surface area contributed by atoms with E-state index in [1.54, 1.807) is 24.3 Å². The molecule has 148 valence electrons. The quantitative estimate of drug-likeness (QED) is 0.710. The van der Waals surface area contributed by atoms with Crippen molar-refractivity contribution in [3.63, 3.8) is 0 Å². The SMILES string of the molecule is CC[C@H](Oc1ccc(N(C)S(C)(=O)=O)cc1)C(=O)NC(C(C)C)C(C)C. The Bertz CT molecular complexity index is 676. The molecule has 0 radical (unpaired) electrons. The summed E-state index contributed by atoms with van der Waals surface area (Å²) in [4.78, 5) is 12.6. The number of rotatable bonds is 9. The maximum Gasteiger partial charge on any atom is 0.261 e. The number of ether oxygens (including phenoxy) is 1. The van der Waals surface area contributed by atoms with Gasteiger partial charge >= 0.3 is 0 Å². The topological polar surface area (TPSA) is 75.7 Å². The molecule has 1 rings (SSSR count). The van der Waals surface area contributed by atoms with E-state index in [0.717, 1.165) is 6.26 Å². The zero-order valence-corrected chi connectivity index (χ0v) is 17.6. The van der Waals surface area contributed by atoms with Gasteiger partial charge in [0, 0.05) is 13.1 Å². The zero-order valence-electron chi connectivity index (χ0n) is 16.8. The van der Waals surface area contributed by atoms with Crippen LogP contribution < -0.4 is 14.4 Å². The maximum absolute atomic E-state index is 12.6. The number of hydrogen-bond acceptors (Lipinski definition) is 4. The molecule has 0 aliphatic carbocycles. The summed E-state index contributed by atoms with van der Waals surface area (Å²) in [6.07, 6.45) is 1.10. The molecule has 0 saturated carbocycles. The molecule has 1 atom stereocenters. The Morgan fingerprint density at radius 3 is 2.00 bits per heavy atom. The lowest BCUT2D eigenvalue weighted by Crippen LogP contribution is -2.48. The predicted octanol–water partition coefficient (Wildman–Crippen LogP) is 3.04. The Kier molecular flexibility index (Phi) is 7.93. The molecule has 1 aromatic rings. The van der Waals surface area contributed by atoms with Crippen molar-refractivity contribution in [1.82, 2.24) is 5.32 Å². The van der Waals surface area contributed by atoms with Gasteiger partial charge in [-0.05, 0) is 42.5 Å². The monoisotopic (exact) mass is 384 g/mol. The van der Waals surface area contributed by atoms with Crippen LogP contribution in [0.3, 0.4) is 0 Å². The molecular formula is C19H32N2O4S. The number of anilines is 1. The second-order valence-electron chi connectivity index (χ2n) is 7.26. The molecule has 1 aromatic carbocycles. The van der Waals surface area contributed by atoms with Crippen LogP contribution in [0.25, 0.3) is 0 Å². The summed E-state index contributed by atoms with van der Waals surface area (Å²) < 4.78 is 30.2. The van der Waals surface area contributed by atoms with Gasteiger partial charge in [-0.1, -0.05) is 34.6 Å². The highest BCUT2D eigenvalue weighted by Crippen LogP contribution is 2.22. The third kappa shape index (κ3) is 6.20. The molecular weight excluding hydrogens is 352 g/mol. The van der Waals surface area contributed by atoms with Crippen molar-refractivity contribution in [3.05, 3.63) is 24.3 Å². The summed E-state index contributed by atoms with van der Waals surface area (Å²) in [6.45, 7) is 10.2. The standard InChI is InChI=1S/C19H32N2O4S/c1-8-17(19(22)20-18(13(2)3)14(4)5)25-16-11-9-15(10-12-16)21(6)26(7,23)24/h9-14,17-18H,8H2,1-7H3,(H,20,22)/t17-/m0/s1. The molecule has 1 N–H and O–H groups in total. The van der Waals surface area contributed by atoms with E-state index in [9.17, 15) is 13.2 Å². The molecule has 0 fully saturated rings. The number of benzene rings is 1. The minimum Gasteiger partial charge on any atom is -0.481 e. The van der Waals surface area contributed by atoms with Crippen LogP contribution in [-0.2, 0) is 14.8 Å². The van der Waals surface area contributed by atoms with Gasteiger partial charge in [0.25, 0.3) is 5.91 Å². The van der Waals surface area contributed by atoms with Crippen LogP contribution >= 0.6 is 0 Å². The highest BCUT2D eigenvalue weighted by Gasteiger charge is 2.25. The molecule has 0 unspecified atom stereocenters. The van der Waals surface area contributed by atoms with Crippen LogP contribution in [0.2, 0.25) is 0 Å². The first-order chi connectivity index (χ1) is 12.0. The van der Waals surface area contributed by atoms with Gasteiger partial charge in [0.1, 0.15) is 5.75 Å². The molecule has 6 nitrogen and oxygen atoms in total. The fourth-order valence-corrected chi connectivity index (χ4v) is 3.28. The summed E-state index contributed by atoms with van der Waals surface area (Å²) in [5.41, 5.74) is 0.539. The van der Waals surface area contributed by atoms with Crippen LogP contribution in [-0.4, -0.2) is 39.8 Å². The van der Waals surface area contributed by atoms with Crippen LogP contribution in [0.1, 0.15) is 41.0 Å². The lowest BCUT2D eigenvalue weighted by atomic mass is 9.93. The second kappa shape index (κ2) is 9.26. The first kappa shape index (κ1) is 22.3. The molecule has 0 aromatic heterocycles. The van der Waals surface area contributed by atoms with Crippen molar-refractivity contribution in [2.45, 2.75) is 53.2 Å². The van der Waals surface area contributed by atoms with Crippen LogP contribution in [0.15, 0.2) is 24.3 Å². The Balaban J connectivity index is 2.83. The van der Waals surface area contributed by atoms with E-state index < -0.39 is 16.1 Å². The number of sulfonamides is 1. The van der Waals surface area contributed by atoms with Crippen LogP contribution in [0.5, 0.6) is 5.75 Å². The summed E-state index contributed by atoms with van der Waals surface area (Å²) in [7, 11) is -1.82. The molecule has 1 amide bonds. The maximum atomic E-state index is 12.6. The number of nitrogens with one attached hydrogen (secondary N) is 1. The largest absolute Gasteiger partial charge is 0.481 e. The third-order valence-corrected chi connectivity index (χ3v) is 5.59. The normalized spacial score (nSPS) is 13.2. The molecule has 26 heavy (non-hydrogen) atoms. The molecule has 0 heterocycles. The van der Waals surface area contributed by atoms with Crippen molar-refractivity contribution >= 4 is 21.6 Å². The summed E-state index contributed by atoms with van der Waals surface area (Å²) in [6, 6.07) is 6.76. The second-order valence-corrected chi connectivity index (χ2v) is 9.28. The minimum absolute atomic E-state index is 0.0888. The van der Waals surface area contributed by atoms with Crippen molar-refractivity contribution in [1.29, 1.82) is 0 Å². The molecule has 0 spiro atoms. The highest BCUT2D eigenvalue weighted by atomic mass is 32.2. The predicted molar refractivity (Wildman–Crippen MR) is 106 cm³/mol. The number of nitrogens with zero attached hydrogens (tertiary/aromatic N) is 1. The number of carbonyl (C=O) groups excluding carboxylic acids is 1. The van der Waals surface area contributed by atoms with Crippen LogP contribution in [0, 0.1) is 11.8 Å². The summed E-state index contributed by atoms with van der Waals surface area (Å²) in [5, 5.41) is 3.09. The van der Waals surface area contributed by atoms with Gasteiger partial charge in [-0.25, -0.2) is 8.42 Å². The van der Waals surface area contributed by atoms with Gasteiger partial charge in [0.2, 0.25) is 10.0 Å². The lowest BCUT2D eigenvalue weighted by Gasteiger charge is -2.28. The number of amides is 1. The van der Waals surface area contributed by atoms with E-state index in [2.05, 4.69) is 33.0 Å². The van der Waals surface area contributed by atoms with Gasteiger partial charge in [-0.3, -0.25) is 9.10 Å². The Hall–Kier alpha value is -1.76. The summed E-state index contributed by atoms with van der Waals surface area (Å²) in [5.74, 6) is 1.07. The fraction of sp³-hybridized carbons (Fsp3) is 0.632. The van der Waals surface area contributed by atoms with Gasteiger partial charge in [0.15, 0.2) is 6.10 Å². The minimum atomic E-state index is -3.31. The number of hydrogen-bond donors (Lipinski definition) is 1. The Labute approximate surface area is 158 Å². The molecule has 0 bridgehead atoms. The third-order valence-electron chi connectivity index (χ3n) is 4.38. The Morgan fingerprint density at radius 1 is 1.12 bits per heavy atom. The van der Waals surface area contributed by atoms with E-state index in [1.165, 1.54) is 11.4 Å². The van der Waals surface area contributed by atoms with Crippen molar-refractivity contribution in [3.8, 4) is 5.75 Å². The average Bonchev–Trinajstić information content (AvgIpc) is 2.55. The molecule has 0 saturated heterocycles. The van der Waals surface area contributed by atoms with Gasteiger partial charge in [-0.2, -0.15) is 0 Å². The number of carbonyl (C=O) groups is 1. The van der Waals surface area contributed by atoms with Crippen molar-refractivity contribution in [2.75, 3.05) is 17.6 Å². The first-order valence-electron chi connectivity index (χ1n) is 8.98. The average molecular weight is 385 g/mol. The smallest absolute Gasteiger partial charge is 0.261 e. The lowest BCUT2D eigenvalue weighted by molar-refractivity contribution is -0.129. The van der Waals surface area contributed by atoms with Crippen LogP contribution in [0.4, 0.5) is 5.69 Å².